The number of hydrogen-bond donors (Lipinski definition) is 1. The van der Waals surface area contributed by atoms with E-state index in [2.05, 4.69) is 20.2 Å². The number of nitrogens with zero attached hydrogens (tertiary/aromatic N) is 3. The van der Waals surface area contributed by atoms with Gasteiger partial charge in [-0.1, -0.05) is 12.1 Å². The first-order chi connectivity index (χ1) is 13.2. The largest absolute Gasteiger partial charge is 0.493 e. The number of piperazine rings is 1. The number of benzene rings is 2. The summed E-state index contributed by atoms with van der Waals surface area (Å²) in [6, 6.07) is 10.5. The number of anilines is 1. The second-order valence-electron chi connectivity index (χ2n) is 6.43. The highest BCUT2D eigenvalue weighted by molar-refractivity contribution is 5.92. The van der Waals surface area contributed by atoms with Crippen molar-refractivity contribution in [2.24, 2.45) is 0 Å². The van der Waals surface area contributed by atoms with E-state index in [0.29, 0.717) is 11.5 Å². The second-order valence-corrected chi connectivity index (χ2v) is 6.43. The van der Waals surface area contributed by atoms with Gasteiger partial charge in [0.25, 0.3) is 0 Å². The lowest BCUT2D eigenvalue weighted by molar-refractivity contribution is 0.355. The zero-order valence-corrected chi connectivity index (χ0v) is 15.3. The summed E-state index contributed by atoms with van der Waals surface area (Å²) in [5.41, 5.74) is 1.85. The molecule has 1 N–H and O–H groups in total. The van der Waals surface area contributed by atoms with Crippen LogP contribution in [0.15, 0.2) is 42.7 Å². The highest BCUT2D eigenvalue weighted by Gasteiger charge is 2.24. The van der Waals surface area contributed by atoms with Crippen LogP contribution in [0.4, 0.5) is 10.2 Å². The van der Waals surface area contributed by atoms with Crippen molar-refractivity contribution in [3.8, 4) is 11.5 Å². The van der Waals surface area contributed by atoms with Gasteiger partial charge in [-0.25, -0.2) is 14.4 Å². The summed E-state index contributed by atoms with van der Waals surface area (Å²) < 4.78 is 24.0. The van der Waals surface area contributed by atoms with Gasteiger partial charge in [0, 0.05) is 37.1 Å². The molecule has 0 bridgehead atoms. The highest BCUT2D eigenvalue weighted by Crippen LogP contribution is 2.35. The van der Waals surface area contributed by atoms with E-state index in [4.69, 9.17) is 9.47 Å². The van der Waals surface area contributed by atoms with E-state index in [1.54, 1.807) is 20.5 Å². The summed E-state index contributed by atoms with van der Waals surface area (Å²) in [6.45, 7) is 2.35. The number of aromatic nitrogens is 2. The van der Waals surface area contributed by atoms with E-state index in [1.807, 2.05) is 24.3 Å². The minimum Gasteiger partial charge on any atom is -0.493 e. The minimum absolute atomic E-state index is 0.101. The average molecular weight is 368 g/mol. The summed E-state index contributed by atoms with van der Waals surface area (Å²) >= 11 is 0. The first-order valence-corrected chi connectivity index (χ1v) is 8.80. The molecule has 2 heterocycles. The molecule has 0 amide bonds. The Labute approximate surface area is 156 Å². The maximum Gasteiger partial charge on any atom is 0.162 e. The van der Waals surface area contributed by atoms with Crippen molar-refractivity contribution in [2.75, 3.05) is 38.8 Å². The summed E-state index contributed by atoms with van der Waals surface area (Å²) in [4.78, 5) is 11.1. The quantitative estimate of drug-likeness (QED) is 0.764. The third-order valence-electron chi connectivity index (χ3n) is 4.87. The number of halogens is 1. The topological polar surface area (TPSA) is 59.5 Å². The maximum atomic E-state index is 13.2. The lowest BCUT2D eigenvalue weighted by Crippen LogP contribution is -2.46. The summed E-state index contributed by atoms with van der Waals surface area (Å²) in [6.07, 6.45) is 1.57. The van der Waals surface area contributed by atoms with Crippen molar-refractivity contribution in [2.45, 2.75) is 6.04 Å². The Bertz CT molecular complexity index is 949. The van der Waals surface area contributed by atoms with Gasteiger partial charge in [-0.3, -0.25) is 0 Å². The Morgan fingerprint density at radius 2 is 1.81 bits per heavy atom. The molecule has 0 aliphatic carbocycles. The van der Waals surface area contributed by atoms with Gasteiger partial charge < -0.3 is 19.7 Å². The van der Waals surface area contributed by atoms with E-state index in [-0.39, 0.29) is 11.9 Å². The molecule has 7 heteroatoms. The fourth-order valence-corrected chi connectivity index (χ4v) is 3.48. The van der Waals surface area contributed by atoms with Crippen LogP contribution in [0.2, 0.25) is 0 Å². The fourth-order valence-electron chi connectivity index (χ4n) is 3.48. The van der Waals surface area contributed by atoms with Gasteiger partial charge in [0.05, 0.1) is 19.7 Å². The zero-order chi connectivity index (χ0) is 18.8. The van der Waals surface area contributed by atoms with Crippen LogP contribution < -0.4 is 19.7 Å². The van der Waals surface area contributed by atoms with Crippen molar-refractivity contribution < 1.29 is 13.9 Å². The predicted octanol–water partition coefficient (Wildman–Crippen LogP) is 2.94. The van der Waals surface area contributed by atoms with Crippen molar-refractivity contribution >= 4 is 16.7 Å². The van der Waals surface area contributed by atoms with Crippen molar-refractivity contribution in [1.29, 1.82) is 0 Å². The molecule has 1 saturated heterocycles. The van der Waals surface area contributed by atoms with Gasteiger partial charge in [-0.05, 0) is 23.8 Å². The van der Waals surface area contributed by atoms with Crippen LogP contribution in [0.3, 0.4) is 0 Å². The number of hydrogen-bond acceptors (Lipinski definition) is 6. The molecule has 1 aromatic heterocycles. The third-order valence-corrected chi connectivity index (χ3v) is 4.87. The Balaban J connectivity index is 1.69. The molecule has 27 heavy (non-hydrogen) atoms. The number of fused-ring (bicyclic) bond motifs is 1. The fraction of sp³-hybridized carbons (Fsp3) is 0.300. The molecule has 0 spiro atoms. The Kier molecular flexibility index (Phi) is 4.77. The number of rotatable bonds is 4. The molecule has 2 aromatic carbocycles. The Morgan fingerprint density at radius 3 is 2.56 bits per heavy atom. The van der Waals surface area contributed by atoms with Crippen LogP contribution in [-0.2, 0) is 0 Å². The number of nitrogens with one attached hydrogen (secondary N) is 1. The zero-order valence-electron chi connectivity index (χ0n) is 15.3. The van der Waals surface area contributed by atoms with Crippen LogP contribution in [-0.4, -0.2) is 43.8 Å². The van der Waals surface area contributed by atoms with Gasteiger partial charge in [0.1, 0.15) is 18.0 Å². The summed E-state index contributed by atoms with van der Waals surface area (Å²) in [7, 11) is 3.22. The van der Waals surface area contributed by atoms with Crippen LogP contribution in [0.25, 0.3) is 10.9 Å². The molecule has 6 nitrogen and oxygen atoms in total. The van der Waals surface area contributed by atoms with Crippen LogP contribution in [0, 0.1) is 5.82 Å². The van der Waals surface area contributed by atoms with E-state index < -0.39 is 0 Å². The smallest absolute Gasteiger partial charge is 0.162 e. The first kappa shape index (κ1) is 17.5. The minimum atomic E-state index is -0.228. The van der Waals surface area contributed by atoms with E-state index >= 15 is 0 Å². The van der Waals surface area contributed by atoms with E-state index in [1.165, 1.54) is 12.1 Å². The van der Waals surface area contributed by atoms with Gasteiger partial charge in [0.15, 0.2) is 11.5 Å². The molecular weight excluding hydrogens is 347 g/mol. The lowest BCUT2D eigenvalue weighted by Gasteiger charge is -2.35. The molecule has 3 aromatic rings. The number of methoxy groups -OCH3 is 2. The molecule has 1 fully saturated rings. The van der Waals surface area contributed by atoms with Crippen molar-refractivity contribution in [1.82, 2.24) is 15.3 Å². The lowest BCUT2D eigenvalue weighted by atomic mass is 10.0. The third kappa shape index (κ3) is 3.38. The average Bonchev–Trinajstić information content (AvgIpc) is 2.72. The Hall–Kier alpha value is -2.93. The maximum absolute atomic E-state index is 13.2. The van der Waals surface area contributed by atoms with Crippen molar-refractivity contribution in [3.63, 3.8) is 0 Å². The molecule has 0 saturated carbocycles. The van der Waals surface area contributed by atoms with Crippen LogP contribution in [0.5, 0.6) is 11.5 Å². The van der Waals surface area contributed by atoms with Crippen LogP contribution in [0.1, 0.15) is 11.6 Å². The summed E-state index contributed by atoms with van der Waals surface area (Å²) in [5, 5.41) is 4.40. The van der Waals surface area contributed by atoms with Gasteiger partial charge >= 0.3 is 0 Å². The predicted molar refractivity (Wildman–Crippen MR) is 102 cm³/mol. The molecule has 1 atom stereocenters. The summed E-state index contributed by atoms with van der Waals surface area (Å²) in [5.74, 6) is 1.91. The van der Waals surface area contributed by atoms with Gasteiger partial charge in [-0.15, -0.1) is 0 Å². The molecule has 4 rings (SSSR count). The van der Waals surface area contributed by atoms with E-state index in [0.717, 1.165) is 41.9 Å². The van der Waals surface area contributed by atoms with E-state index in [9.17, 15) is 4.39 Å². The molecule has 0 radical (unpaired) electrons. The van der Waals surface area contributed by atoms with Crippen molar-refractivity contribution in [3.05, 3.63) is 54.1 Å². The molecule has 1 aliphatic heterocycles. The van der Waals surface area contributed by atoms with Gasteiger partial charge in [-0.2, -0.15) is 0 Å². The normalized spacial score (nSPS) is 17.1. The second kappa shape index (κ2) is 7.36. The SMILES string of the molecule is COc1cc2ncnc(N3CCNC(c4ccc(F)cc4)C3)c2cc1OC. The molecule has 140 valence electrons. The first-order valence-electron chi connectivity index (χ1n) is 8.80. The van der Waals surface area contributed by atoms with Crippen LogP contribution >= 0.6 is 0 Å². The Morgan fingerprint density at radius 1 is 1.07 bits per heavy atom. The standard InChI is InChI=1S/C20H21FN4O2/c1-26-18-9-15-16(10-19(18)27-2)23-12-24-20(15)25-8-7-22-17(11-25)13-3-5-14(21)6-4-13/h3-6,9-10,12,17,22H,7-8,11H2,1-2H3. The molecule has 1 unspecified atom stereocenters. The monoisotopic (exact) mass is 368 g/mol. The number of ether oxygens (including phenoxy) is 2. The molecule has 1 aliphatic rings. The van der Waals surface area contributed by atoms with Gasteiger partial charge in [0.2, 0.25) is 0 Å². The molecular formula is C20H21FN4O2. The highest BCUT2D eigenvalue weighted by atomic mass is 19.1.